The van der Waals surface area contributed by atoms with Gasteiger partial charge in [0.15, 0.2) is 0 Å². The molecular weight excluding hydrogens is 160 g/mol. The highest BCUT2D eigenvalue weighted by Gasteiger charge is 2.22. The van der Waals surface area contributed by atoms with E-state index >= 15 is 0 Å². The van der Waals surface area contributed by atoms with Crippen LogP contribution < -0.4 is 11.3 Å². The Morgan fingerprint density at radius 3 is 2.00 bits per heavy atom. The minimum atomic E-state index is 0.495. The molecule has 0 aromatic heterocycles. The molecule has 13 heavy (non-hydrogen) atoms. The van der Waals surface area contributed by atoms with Crippen LogP contribution >= 0.6 is 0 Å². The van der Waals surface area contributed by atoms with Crippen molar-refractivity contribution in [1.82, 2.24) is 5.43 Å². The molecule has 2 heteroatoms. The number of hydrogen-bond donors (Lipinski definition) is 2. The van der Waals surface area contributed by atoms with Crippen LogP contribution in [0, 0.1) is 11.8 Å². The summed E-state index contributed by atoms with van der Waals surface area (Å²) in [4.78, 5) is 0. The van der Waals surface area contributed by atoms with Gasteiger partial charge in [0.25, 0.3) is 0 Å². The molecule has 0 spiro atoms. The Bertz CT molecular complexity index is 111. The molecule has 0 aromatic rings. The lowest BCUT2D eigenvalue weighted by molar-refractivity contribution is 0.247. The second-order valence-corrected chi connectivity index (χ2v) is 4.03. The maximum atomic E-state index is 5.61. The molecular formula is C11H26N2. The SMILES string of the molecule is CCCC(C)C(NN)C(CC)CC. The normalized spacial score (nSPS) is 16.2. The maximum absolute atomic E-state index is 5.61. The molecule has 3 N–H and O–H groups in total. The minimum Gasteiger partial charge on any atom is -0.271 e. The number of nitrogens with one attached hydrogen (secondary N) is 1. The van der Waals surface area contributed by atoms with E-state index in [-0.39, 0.29) is 0 Å². The van der Waals surface area contributed by atoms with Gasteiger partial charge in [-0.1, -0.05) is 47.0 Å². The quantitative estimate of drug-likeness (QED) is 0.474. The van der Waals surface area contributed by atoms with E-state index in [9.17, 15) is 0 Å². The van der Waals surface area contributed by atoms with Gasteiger partial charge in [-0.25, -0.2) is 0 Å². The van der Waals surface area contributed by atoms with Gasteiger partial charge in [0, 0.05) is 6.04 Å². The molecule has 0 saturated heterocycles. The zero-order valence-corrected chi connectivity index (χ0v) is 9.64. The highest BCUT2D eigenvalue weighted by Crippen LogP contribution is 2.22. The number of hydrogen-bond acceptors (Lipinski definition) is 2. The van der Waals surface area contributed by atoms with E-state index in [0.717, 1.165) is 5.92 Å². The predicted molar refractivity (Wildman–Crippen MR) is 59.3 cm³/mol. The highest BCUT2D eigenvalue weighted by molar-refractivity contribution is 4.77. The lowest BCUT2D eigenvalue weighted by atomic mass is 9.84. The van der Waals surface area contributed by atoms with Crippen molar-refractivity contribution in [3.8, 4) is 0 Å². The Kier molecular flexibility index (Phi) is 7.29. The van der Waals surface area contributed by atoms with Crippen molar-refractivity contribution < 1.29 is 0 Å². The van der Waals surface area contributed by atoms with E-state index < -0.39 is 0 Å². The van der Waals surface area contributed by atoms with Crippen molar-refractivity contribution in [1.29, 1.82) is 0 Å². The third-order valence-electron chi connectivity index (χ3n) is 3.11. The van der Waals surface area contributed by atoms with Gasteiger partial charge in [-0.3, -0.25) is 11.3 Å². The molecule has 0 bridgehead atoms. The van der Waals surface area contributed by atoms with Crippen LogP contribution in [0.1, 0.15) is 53.4 Å². The topological polar surface area (TPSA) is 38.0 Å². The first kappa shape index (κ1) is 12.9. The fraction of sp³-hybridized carbons (Fsp3) is 1.00. The summed E-state index contributed by atoms with van der Waals surface area (Å²) in [6, 6.07) is 0.495. The summed E-state index contributed by atoms with van der Waals surface area (Å²) >= 11 is 0. The summed E-state index contributed by atoms with van der Waals surface area (Å²) in [6.07, 6.45) is 4.96. The zero-order chi connectivity index (χ0) is 10.3. The van der Waals surface area contributed by atoms with E-state index in [1.165, 1.54) is 25.7 Å². The fourth-order valence-electron chi connectivity index (χ4n) is 2.20. The summed E-state index contributed by atoms with van der Waals surface area (Å²) in [7, 11) is 0. The molecule has 0 aliphatic carbocycles. The molecule has 2 unspecified atom stereocenters. The standard InChI is InChI=1S/C11H26N2/c1-5-8-9(4)11(13-12)10(6-2)7-3/h9-11,13H,5-8,12H2,1-4H3. The Hall–Kier alpha value is -0.0800. The molecule has 80 valence electrons. The van der Waals surface area contributed by atoms with Crippen LogP contribution in [0.25, 0.3) is 0 Å². The Balaban J connectivity index is 4.11. The Labute approximate surface area is 83.2 Å². The third kappa shape index (κ3) is 4.10. The van der Waals surface area contributed by atoms with Crippen LogP contribution in [-0.4, -0.2) is 6.04 Å². The molecule has 2 atom stereocenters. The molecule has 2 nitrogen and oxygen atoms in total. The van der Waals surface area contributed by atoms with Crippen molar-refractivity contribution in [3.63, 3.8) is 0 Å². The summed E-state index contributed by atoms with van der Waals surface area (Å²) in [5, 5.41) is 0. The summed E-state index contributed by atoms with van der Waals surface area (Å²) in [5.41, 5.74) is 2.99. The largest absolute Gasteiger partial charge is 0.271 e. The summed E-state index contributed by atoms with van der Waals surface area (Å²) in [6.45, 7) is 9.03. The molecule has 0 amide bonds. The smallest absolute Gasteiger partial charge is 0.0264 e. The van der Waals surface area contributed by atoms with E-state index in [4.69, 9.17) is 5.84 Å². The number of nitrogens with two attached hydrogens (primary N) is 1. The van der Waals surface area contributed by atoms with E-state index in [0.29, 0.717) is 12.0 Å². The lowest BCUT2D eigenvalue weighted by Gasteiger charge is -2.30. The van der Waals surface area contributed by atoms with Crippen LogP contribution in [0.5, 0.6) is 0 Å². The van der Waals surface area contributed by atoms with E-state index in [2.05, 4.69) is 33.1 Å². The zero-order valence-electron chi connectivity index (χ0n) is 9.64. The molecule has 0 aromatic carbocycles. The third-order valence-corrected chi connectivity index (χ3v) is 3.11. The summed E-state index contributed by atoms with van der Waals surface area (Å²) in [5.74, 6) is 7.03. The van der Waals surface area contributed by atoms with Gasteiger partial charge >= 0.3 is 0 Å². The maximum Gasteiger partial charge on any atom is 0.0264 e. The van der Waals surface area contributed by atoms with Crippen molar-refractivity contribution >= 4 is 0 Å². The van der Waals surface area contributed by atoms with Gasteiger partial charge in [-0.2, -0.15) is 0 Å². The van der Waals surface area contributed by atoms with Crippen LogP contribution in [0.3, 0.4) is 0 Å². The first-order valence-electron chi connectivity index (χ1n) is 5.67. The lowest BCUT2D eigenvalue weighted by Crippen LogP contribution is -2.45. The highest BCUT2D eigenvalue weighted by atomic mass is 15.2. The van der Waals surface area contributed by atoms with Crippen LogP contribution in [0.2, 0.25) is 0 Å². The van der Waals surface area contributed by atoms with Gasteiger partial charge < -0.3 is 0 Å². The van der Waals surface area contributed by atoms with Gasteiger partial charge in [0.1, 0.15) is 0 Å². The second kappa shape index (κ2) is 7.34. The first-order chi connectivity index (χ1) is 6.21. The molecule has 0 rings (SSSR count). The van der Waals surface area contributed by atoms with Crippen LogP contribution in [0.4, 0.5) is 0 Å². The van der Waals surface area contributed by atoms with Crippen molar-refractivity contribution in [2.75, 3.05) is 0 Å². The van der Waals surface area contributed by atoms with Crippen molar-refractivity contribution in [2.24, 2.45) is 17.7 Å². The fourth-order valence-corrected chi connectivity index (χ4v) is 2.20. The van der Waals surface area contributed by atoms with Gasteiger partial charge in [-0.15, -0.1) is 0 Å². The number of rotatable bonds is 7. The Morgan fingerprint density at radius 1 is 1.15 bits per heavy atom. The average molecular weight is 186 g/mol. The molecule has 0 saturated carbocycles. The molecule has 0 aliphatic rings. The van der Waals surface area contributed by atoms with E-state index in [1.807, 2.05) is 0 Å². The van der Waals surface area contributed by atoms with Crippen molar-refractivity contribution in [2.45, 2.75) is 59.4 Å². The van der Waals surface area contributed by atoms with Crippen LogP contribution in [-0.2, 0) is 0 Å². The van der Waals surface area contributed by atoms with Gasteiger partial charge in [-0.05, 0) is 18.3 Å². The first-order valence-corrected chi connectivity index (χ1v) is 5.67. The molecule has 0 radical (unpaired) electrons. The van der Waals surface area contributed by atoms with Gasteiger partial charge in [0.2, 0.25) is 0 Å². The predicted octanol–water partition coefficient (Wildman–Crippen LogP) is 2.69. The molecule has 0 fully saturated rings. The minimum absolute atomic E-state index is 0.495. The second-order valence-electron chi connectivity index (χ2n) is 4.03. The summed E-state index contributed by atoms with van der Waals surface area (Å²) < 4.78 is 0. The number of hydrazine groups is 1. The Morgan fingerprint density at radius 2 is 1.69 bits per heavy atom. The molecule has 0 aliphatic heterocycles. The monoisotopic (exact) mass is 186 g/mol. The van der Waals surface area contributed by atoms with E-state index in [1.54, 1.807) is 0 Å². The average Bonchev–Trinajstić information content (AvgIpc) is 2.14. The van der Waals surface area contributed by atoms with Gasteiger partial charge in [0.05, 0.1) is 0 Å². The van der Waals surface area contributed by atoms with Crippen LogP contribution in [0.15, 0.2) is 0 Å². The van der Waals surface area contributed by atoms with Crippen molar-refractivity contribution in [3.05, 3.63) is 0 Å². The molecule has 0 heterocycles.